The number of hydrogen-bond donors (Lipinski definition) is 2. The van der Waals surface area contributed by atoms with Crippen LogP contribution in [-0.4, -0.2) is 38.1 Å². The van der Waals surface area contributed by atoms with Gasteiger partial charge in [0.15, 0.2) is 5.76 Å². The van der Waals surface area contributed by atoms with Gasteiger partial charge in [0.25, 0.3) is 0 Å². The minimum Gasteiger partial charge on any atom is -0.454 e. The van der Waals surface area contributed by atoms with E-state index in [2.05, 4.69) is 5.43 Å². The first-order chi connectivity index (χ1) is 8.08. The largest absolute Gasteiger partial charge is 0.454 e. The van der Waals surface area contributed by atoms with Gasteiger partial charge in [-0.1, -0.05) is 0 Å². The summed E-state index contributed by atoms with van der Waals surface area (Å²) in [5, 5.41) is 0. The summed E-state index contributed by atoms with van der Waals surface area (Å²) in [5.41, 5.74) is 2.84. The van der Waals surface area contributed by atoms with Gasteiger partial charge in [-0.2, -0.15) is 0 Å². The first kappa shape index (κ1) is 13.7. The molecule has 6 nitrogen and oxygen atoms in total. The average Bonchev–Trinajstić information content (AvgIpc) is 2.66. The molecule has 0 aliphatic carbocycles. The quantitative estimate of drug-likeness (QED) is 0.424. The van der Waals surface area contributed by atoms with Gasteiger partial charge in [0, 0.05) is 19.2 Å². The van der Waals surface area contributed by atoms with Crippen molar-refractivity contribution in [3.8, 4) is 0 Å². The number of ether oxygens (including phenoxy) is 1. The first-order valence-corrected chi connectivity index (χ1v) is 5.36. The van der Waals surface area contributed by atoms with Crippen molar-refractivity contribution >= 4 is 5.91 Å². The molecular weight excluding hydrogens is 222 g/mol. The van der Waals surface area contributed by atoms with Crippen molar-refractivity contribution in [2.24, 2.45) is 5.84 Å². The van der Waals surface area contributed by atoms with Crippen molar-refractivity contribution in [1.29, 1.82) is 0 Å². The molecule has 0 saturated heterocycles. The molecule has 1 heterocycles. The number of nitrogens with two attached hydrogens (primary N) is 1. The van der Waals surface area contributed by atoms with Crippen molar-refractivity contribution in [1.82, 2.24) is 10.3 Å². The molecule has 17 heavy (non-hydrogen) atoms. The van der Waals surface area contributed by atoms with Gasteiger partial charge in [-0.15, -0.1) is 0 Å². The number of aryl methyl sites for hydroxylation is 1. The second-order valence-corrected chi connectivity index (χ2v) is 3.93. The zero-order chi connectivity index (χ0) is 12.8. The van der Waals surface area contributed by atoms with Crippen LogP contribution in [-0.2, 0) is 11.3 Å². The summed E-state index contributed by atoms with van der Waals surface area (Å²) in [7, 11) is 3.62. The van der Waals surface area contributed by atoms with E-state index in [9.17, 15) is 4.79 Å². The van der Waals surface area contributed by atoms with Crippen molar-refractivity contribution in [3.05, 3.63) is 23.2 Å². The first-order valence-electron chi connectivity index (χ1n) is 5.36. The highest BCUT2D eigenvalue weighted by molar-refractivity contribution is 5.92. The van der Waals surface area contributed by atoms with E-state index < -0.39 is 5.91 Å². The van der Waals surface area contributed by atoms with Crippen LogP contribution in [0.15, 0.2) is 10.5 Å². The fourth-order valence-corrected chi connectivity index (χ4v) is 1.51. The fourth-order valence-electron chi connectivity index (χ4n) is 1.51. The number of nitrogen functional groups attached to an aromatic ring is 1. The highest BCUT2D eigenvalue weighted by Crippen LogP contribution is 2.15. The van der Waals surface area contributed by atoms with Crippen LogP contribution >= 0.6 is 0 Å². The standard InChI is InChI=1S/C11H19N3O3/c1-8-6-9(7-14(2)4-5-16-3)17-10(8)11(15)13-12/h6H,4-5,7,12H2,1-3H3,(H,13,15). The van der Waals surface area contributed by atoms with Crippen molar-refractivity contribution < 1.29 is 13.9 Å². The number of carbonyl (C=O) groups is 1. The zero-order valence-electron chi connectivity index (χ0n) is 10.4. The second-order valence-electron chi connectivity index (χ2n) is 3.93. The molecule has 6 heteroatoms. The van der Waals surface area contributed by atoms with Crippen LogP contribution in [0.3, 0.4) is 0 Å². The van der Waals surface area contributed by atoms with Crippen molar-refractivity contribution in [3.63, 3.8) is 0 Å². The molecule has 0 unspecified atom stereocenters. The SMILES string of the molecule is COCCN(C)Cc1cc(C)c(C(=O)NN)o1. The van der Waals surface area contributed by atoms with Crippen LogP contribution in [0.1, 0.15) is 21.9 Å². The summed E-state index contributed by atoms with van der Waals surface area (Å²) in [6.07, 6.45) is 0. The third-order valence-corrected chi connectivity index (χ3v) is 2.41. The molecule has 1 aromatic heterocycles. The molecule has 0 aliphatic rings. The number of amides is 1. The van der Waals surface area contributed by atoms with Crippen LogP contribution in [0.4, 0.5) is 0 Å². The van der Waals surface area contributed by atoms with Crippen LogP contribution in [0.2, 0.25) is 0 Å². The Morgan fingerprint density at radius 3 is 2.94 bits per heavy atom. The summed E-state index contributed by atoms with van der Waals surface area (Å²) in [4.78, 5) is 13.4. The third-order valence-electron chi connectivity index (χ3n) is 2.41. The average molecular weight is 241 g/mol. The summed E-state index contributed by atoms with van der Waals surface area (Å²) < 4.78 is 10.4. The number of likely N-dealkylation sites (N-methyl/N-ethyl adjacent to an activating group) is 1. The van der Waals surface area contributed by atoms with Gasteiger partial charge >= 0.3 is 5.91 Å². The molecule has 1 rings (SSSR count). The van der Waals surface area contributed by atoms with E-state index in [0.717, 1.165) is 17.9 Å². The van der Waals surface area contributed by atoms with E-state index in [-0.39, 0.29) is 5.76 Å². The third kappa shape index (κ3) is 3.85. The molecule has 0 aromatic carbocycles. The van der Waals surface area contributed by atoms with Crippen LogP contribution in [0.25, 0.3) is 0 Å². The van der Waals surface area contributed by atoms with E-state index in [1.807, 2.05) is 24.9 Å². The van der Waals surface area contributed by atoms with Gasteiger partial charge in [-0.25, -0.2) is 5.84 Å². The molecular formula is C11H19N3O3. The Bertz CT molecular complexity index is 376. The molecule has 0 fully saturated rings. The smallest absolute Gasteiger partial charge is 0.301 e. The lowest BCUT2D eigenvalue weighted by molar-refractivity contribution is 0.0920. The van der Waals surface area contributed by atoms with E-state index >= 15 is 0 Å². The lowest BCUT2D eigenvalue weighted by atomic mass is 10.2. The minimum absolute atomic E-state index is 0.266. The predicted molar refractivity (Wildman–Crippen MR) is 63.3 cm³/mol. The van der Waals surface area contributed by atoms with Gasteiger partial charge in [0.1, 0.15) is 5.76 Å². The number of hydrogen-bond acceptors (Lipinski definition) is 5. The molecule has 3 N–H and O–H groups in total. The highest BCUT2D eigenvalue weighted by Gasteiger charge is 2.15. The maximum atomic E-state index is 11.3. The molecule has 96 valence electrons. The fraction of sp³-hybridized carbons (Fsp3) is 0.545. The van der Waals surface area contributed by atoms with Crippen molar-refractivity contribution in [2.75, 3.05) is 27.3 Å². The topological polar surface area (TPSA) is 80.7 Å². The Labute approximate surface area is 101 Å². The van der Waals surface area contributed by atoms with Crippen molar-refractivity contribution in [2.45, 2.75) is 13.5 Å². The minimum atomic E-state index is -0.409. The molecule has 0 saturated carbocycles. The van der Waals surface area contributed by atoms with Gasteiger partial charge in [-0.05, 0) is 20.0 Å². The molecule has 0 atom stereocenters. The number of nitrogens with one attached hydrogen (secondary N) is 1. The molecule has 1 amide bonds. The van der Waals surface area contributed by atoms with Gasteiger partial charge < -0.3 is 9.15 Å². The Kier molecular flexibility index (Phi) is 5.14. The lowest BCUT2D eigenvalue weighted by Gasteiger charge is -2.13. The van der Waals surface area contributed by atoms with E-state index in [4.69, 9.17) is 15.0 Å². The van der Waals surface area contributed by atoms with E-state index in [0.29, 0.717) is 13.2 Å². The van der Waals surface area contributed by atoms with E-state index in [1.54, 1.807) is 7.11 Å². The van der Waals surface area contributed by atoms with Crippen LogP contribution in [0.5, 0.6) is 0 Å². The molecule has 0 spiro atoms. The number of methoxy groups -OCH3 is 1. The Morgan fingerprint density at radius 2 is 2.35 bits per heavy atom. The summed E-state index contributed by atoms with van der Waals surface area (Å²) in [6, 6.07) is 1.84. The van der Waals surface area contributed by atoms with E-state index in [1.165, 1.54) is 0 Å². The number of rotatable bonds is 6. The van der Waals surface area contributed by atoms with Gasteiger partial charge in [0.05, 0.1) is 13.2 Å². The Morgan fingerprint density at radius 1 is 1.65 bits per heavy atom. The maximum absolute atomic E-state index is 11.3. The highest BCUT2D eigenvalue weighted by atomic mass is 16.5. The predicted octanol–water partition coefficient (Wildman–Crippen LogP) is 0.270. The molecule has 0 bridgehead atoms. The Hall–Kier alpha value is -1.37. The normalized spacial score (nSPS) is 10.9. The second kappa shape index (κ2) is 6.39. The van der Waals surface area contributed by atoms with Crippen LogP contribution in [0, 0.1) is 6.92 Å². The molecule has 1 aromatic rings. The number of carbonyl (C=O) groups excluding carboxylic acids is 1. The zero-order valence-corrected chi connectivity index (χ0v) is 10.4. The monoisotopic (exact) mass is 241 g/mol. The van der Waals surface area contributed by atoms with Gasteiger partial charge in [0.2, 0.25) is 0 Å². The number of nitrogens with zero attached hydrogens (tertiary/aromatic N) is 1. The van der Waals surface area contributed by atoms with Crippen LogP contribution < -0.4 is 11.3 Å². The Balaban J connectivity index is 2.63. The maximum Gasteiger partial charge on any atom is 0.301 e. The number of furan rings is 1. The number of hydrazine groups is 1. The summed E-state index contributed by atoms with van der Waals surface area (Å²) in [5.74, 6) is 5.66. The molecule has 0 aliphatic heterocycles. The lowest BCUT2D eigenvalue weighted by Crippen LogP contribution is -2.30. The molecule has 0 radical (unpaired) electrons. The van der Waals surface area contributed by atoms with Gasteiger partial charge in [-0.3, -0.25) is 15.1 Å². The summed E-state index contributed by atoms with van der Waals surface area (Å²) >= 11 is 0. The summed E-state index contributed by atoms with van der Waals surface area (Å²) in [6.45, 7) is 3.90.